The number of methoxy groups -OCH3 is 2. The van der Waals surface area contributed by atoms with Crippen molar-refractivity contribution in [1.82, 2.24) is 0 Å². The second-order valence-electron chi connectivity index (χ2n) is 23.2. The van der Waals surface area contributed by atoms with Crippen LogP contribution in [0.25, 0.3) is 0 Å². The number of rotatable bonds is 28. The molecule has 2 aliphatic rings. The Kier molecular flexibility index (Phi) is 24.8. The Hall–Kier alpha value is -6.83. The number of carbonyl (C=O) groups excluding carboxylic acids is 1. The summed E-state index contributed by atoms with van der Waals surface area (Å²) in [5.41, 5.74) is 5.78. The van der Waals surface area contributed by atoms with Crippen LogP contribution in [0.5, 0.6) is 11.5 Å². The monoisotopic (exact) mass is 1290 g/mol. The lowest BCUT2D eigenvalue weighted by Crippen LogP contribution is -2.69. The van der Waals surface area contributed by atoms with E-state index in [-0.39, 0.29) is 26.4 Å². The fourth-order valence-corrected chi connectivity index (χ4v) is 12.5. The first-order chi connectivity index (χ1) is 44.7. The molecule has 9 atom stereocenters. The van der Waals surface area contributed by atoms with Gasteiger partial charge in [0, 0.05) is 47.2 Å². The molecule has 2 heterocycles. The Labute approximate surface area is 550 Å². The second kappa shape index (κ2) is 32.8. The first-order valence-electron chi connectivity index (χ1n) is 31.2. The molecule has 3 N–H and O–H groups in total. The van der Waals surface area contributed by atoms with Crippen molar-refractivity contribution >= 4 is 29.5 Å². The molecule has 0 aliphatic carbocycles. The van der Waals surface area contributed by atoms with Gasteiger partial charge in [-0.15, -0.1) is 0 Å². The van der Waals surface area contributed by atoms with Crippen LogP contribution < -0.4 is 9.47 Å². The molecule has 8 aromatic rings. The number of ether oxygens (including phenoxy) is 10. The van der Waals surface area contributed by atoms with Gasteiger partial charge in [-0.25, -0.2) is 0 Å². The van der Waals surface area contributed by atoms with Crippen molar-refractivity contribution in [3.63, 3.8) is 0 Å². The first kappa shape index (κ1) is 69.5. The van der Waals surface area contributed by atoms with Gasteiger partial charge in [0.25, 0.3) is 0 Å². The van der Waals surface area contributed by atoms with E-state index in [0.717, 1.165) is 56.0 Å². The largest absolute Gasteiger partial charge is 0.494 e. The van der Waals surface area contributed by atoms with E-state index >= 15 is 0 Å². The molecule has 10 rings (SSSR count). The van der Waals surface area contributed by atoms with E-state index in [1.165, 1.54) is 7.11 Å². The summed E-state index contributed by atoms with van der Waals surface area (Å²) in [6, 6.07) is 66.2. The molecule has 0 aromatic heterocycles. The zero-order valence-corrected chi connectivity index (χ0v) is 54.5. The average Bonchev–Trinajstić information content (AvgIpc) is 0.732. The third kappa shape index (κ3) is 16.0. The van der Waals surface area contributed by atoms with E-state index in [1.54, 1.807) is 13.2 Å². The van der Waals surface area contributed by atoms with Gasteiger partial charge in [0.15, 0.2) is 11.9 Å². The van der Waals surface area contributed by atoms with Gasteiger partial charge in [0.05, 0.1) is 71.7 Å². The highest BCUT2D eigenvalue weighted by molar-refractivity contribution is 6.31. The van der Waals surface area contributed by atoms with Crippen LogP contribution in [-0.4, -0.2) is 104 Å². The molecule has 0 radical (unpaired) electrons. The third-order valence-electron chi connectivity index (χ3n) is 17.5. The maximum Gasteiger partial charge on any atom is 0.225 e. The maximum absolute atomic E-state index is 12.8. The molecule has 0 amide bonds. The Morgan fingerprint density at radius 1 is 0.446 bits per heavy atom. The second-order valence-corrected chi connectivity index (χ2v) is 24.0. The Bertz CT molecular complexity index is 3530. The van der Waals surface area contributed by atoms with Gasteiger partial charge in [-0.2, -0.15) is 0 Å². The van der Waals surface area contributed by atoms with Crippen molar-refractivity contribution in [3.05, 3.63) is 272 Å². The fraction of sp³-hybridized carbons (Fsp3) is 0.355. The number of aldehydes is 1. The minimum absolute atomic E-state index is 0.234. The lowest BCUT2D eigenvalue weighted by molar-refractivity contribution is -0.404. The molecule has 8 aromatic carbocycles. The zero-order chi connectivity index (χ0) is 65.1. The minimum atomic E-state index is -1.65. The number of aliphatic hydroxyl groups is 3. The van der Waals surface area contributed by atoms with Crippen LogP contribution in [0.1, 0.15) is 83.3 Å². The summed E-state index contributed by atoms with van der Waals surface area (Å²) in [4.78, 5) is 12.8. The first-order valence-corrected chi connectivity index (χ1v) is 31.9. The van der Waals surface area contributed by atoms with Gasteiger partial charge in [-0.1, -0.05) is 195 Å². The number of hydrogen-bond donors (Lipinski definition) is 3. The highest BCUT2D eigenvalue weighted by Crippen LogP contribution is 2.51. The average molecular weight is 1290 g/mol. The van der Waals surface area contributed by atoms with Crippen LogP contribution in [0.2, 0.25) is 10.0 Å². The highest BCUT2D eigenvalue weighted by atomic mass is 35.5. The molecule has 14 nitrogen and oxygen atoms in total. The van der Waals surface area contributed by atoms with Crippen LogP contribution in [0.15, 0.2) is 206 Å². The van der Waals surface area contributed by atoms with Crippen molar-refractivity contribution in [1.29, 1.82) is 0 Å². The molecule has 2 saturated heterocycles. The number of carbonyl (C=O) groups is 1. The number of benzene rings is 8. The van der Waals surface area contributed by atoms with Crippen molar-refractivity contribution in [2.45, 2.75) is 114 Å². The van der Waals surface area contributed by atoms with E-state index < -0.39 is 78.8 Å². The van der Waals surface area contributed by atoms with Crippen LogP contribution in [0.4, 0.5) is 0 Å². The lowest BCUT2D eigenvalue weighted by Gasteiger charge is -2.56. The quantitative estimate of drug-likeness (QED) is 0.0396. The van der Waals surface area contributed by atoms with E-state index in [2.05, 4.69) is 0 Å². The van der Waals surface area contributed by atoms with Crippen molar-refractivity contribution < 1.29 is 67.5 Å². The molecule has 0 spiro atoms. The highest BCUT2D eigenvalue weighted by Gasteiger charge is 2.64. The summed E-state index contributed by atoms with van der Waals surface area (Å²) in [6.45, 7) is 8.36. The van der Waals surface area contributed by atoms with Gasteiger partial charge in [0.2, 0.25) is 11.6 Å². The summed E-state index contributed by atoms with van der Waals surface area (Å²) in [6.07, 6.45) is -1.31. The normalized spacial score (nSPS) is 23.4. The molecular weight excluding hydrogens is 1210 g/mol. The molecule has 0 bridgehead atoms. The third-order valence-corrected chi connectivity index (χ3v) is 18.2. The predicted octanol–water partition coefficient (Wildman–Crippen LogP) is 13.6. The summed E-state index contributed by atoms with van der Waals surface area (Å²) >= 11 is 13.5. The van der Waals surface area contributed by atoms with E-state index in [9.17, 15) is 20.1 Å². The Balaban J connectivity index is 0.000000217. The van der Waals surface area contributed by atoms with Crippen molar-refractivity contribution in [2.24, 2.45) is 11.8 Å². The molecule has 92 heavy (non-hydrogen) atoms. The predicted molar refractivity (Wildman–Crippen MR) is 354 cm³/mol. The summed E-state index contributed by atoms with van der Waals surface area (Å²) < 4.78 is 64.0. The van der Waals surface area contributed by atoms with Gasteiger partial charge < -0.3 is 67.5 Å². The Morgan fingerprint density at radius 3 is 1.14 bits per heavy atom. The minimum Gasteiger partial charge on any atom is -0.494 e. The fourth-order valence-electron chi connectivity index (χ4n) is 12.1. The van der Waals surface area contributed by atoms with Crippen molar-refractivity contribution in [2.75, 3.05) is 47.3 Å². The van der Waals surface area contributed by atoms with E-state index in [1.807, 2.05) is 228 Å². The number of halogens is 2. The number of aliphatic hydroxyl groups excluding tert-OH is 3. The van der Waals surface area contributed by atoms with Crippen molar-refractivity contribution in [3.8, 4) is 11.5 Å². The summed E-state index contributed by atoms with van der Waals surface area (Å²) in [5.74, 6) is -2.71. The van der Waals surface area contributed by atoms with Crippen LogP contribution in [-0.2, 0) is 93.5 Å². The topological polar surface area (TPSA) is 170 Å². The lowest BCUT2D eigenvalue weighted by atomic mass is 9.75. The summed E-state index contributed by atoms with van der Waals surface area (Å²) in [7, 11) is 3.06. The SMILES string of the molecule is CCOc1ccc(Cc2cc([C@]3(OC)OC(CO)(CO)[C@@H](C)[C@H](OCc4ccccc4)[C@H]3OCc3ccccc3)ccc2Cl)cc1.CCOc1ccc(Cc2cc([C@]3(OC)O[C@@](C=O)(CO)[C@@H](C)[C@H](OCc4ccccc4)[C@H]3OCc3ccccc3)ccc2Cl)cc1. The van der Waals surface area contributed by atoms with Gasteiger partial charge >= 0.3 is 0 Å². The molecule has 0 unspecified atom stereocenters. The maximum atomic E-state index is 12.8. The standard InChI is InChI=1S/C38H43ClO7.C38H41ClO7/c2*1-4-43-33-18-15-28(16-19-33)21-31-22-32(17-20-34(31)39)38(42-3)36(45-24-30-13-9-6-10-14-30)35(27(2)37(25-40,26-41)46-38)44-23-29-11-7-5-8-12-29/h5-20,22,27,35-36,40-41H,4,21,23-26H2,1-3H3;5-20,22,25,27,35-36,41H,4,21,23-24,26H2,1-3H3/t27-,35-,36+,38-;27-,35-,36+,37-,38-/m00/s1. The molecule has 2 fully saturated rings. The number of hydrogen-bond acceptors (Lipinski definition) is 14. The molecule has 0 saturated carbocycles. The molecular formula is C76H84Cl2O14. The van der Waals surface area contributed by atoms with Gasteiger partial charge in [0.1, 0.15) is 29.3 Å². The molecule has 2 aliphatic heterocycles. The van der Waals surface area contributed by atoms with Crippen LogP contribution in [0.3, 0.4) is 0 Å². The molecule has 16 heteroatoms. The van der Waals surface area contributed by atoms with Crippen LogP contribution in [0, 0.1) is 11.8 Å². The Morgan fingerprint density at radius 2 is 0.804 bits per heavy atom. The van der Waals surface area contributed by atoms with Crippen LogP contribution >= 0.6 is 23.2 Å². The smallest absolute Gasteiger partial charge is 0.225 e. The van der Waals surface area contributed by atoms with E-state index in [0.29, 0.717) is 53.5 Å². The van der Waals surface area contributed by atoms with Gasteiger partial charge in [-0.05, 0) is 120 Å². The molecule has 486 valence electrons. The van der Waals surface area contributed by atoms with E-state index in [4.69, 9.17) is 70.6 Å². The zero-order valence-electron chi connectivity index (χ0n) is 53.0. The van der Waals surface area contributed by atoms with Gasteiger partial charge in [-0.3, -0.25) is 0 Å². The summed E-state index contributed by atoms with van der Waals surface area (Å²) in [5, 5.41) is 33.4.